The van der Waals surface area contributed by atoms with Gasteiger partial charge in [0.15, 0.2) is 5.78 Å². The van der Waals surface area contributed by atoms with Crippen LogP contribution in [0.2, 0.25) is 0 Å². The SMILES string of the molecule is CN(C)C/C=C/C(=O)C1CCCC[C@H]1c1nc(-c2ccc(C(=O)Nc3cc(F)ccn3)cc2)c2c(N)nccn12. The lowest BCUT2D eigenvalue weighted by Gasteiger charge is -2.29. The average Bonchev–Trinajstić information content (AvgIpc) is 3.34. The van der Waals surface area contributed by atoms with E-state index in [2.05, 4.69) is 15.3 Å². The number of fused-ring (bicyclic) bond motifs is 1. The molecule has 0 radical (unpaired) electrons. The van der Waals surface area contributed by atoms with Gasteiger partial charge in [0.1, 0.15) is 34.5 Å². The molecule has 0 saturated heterocycles. The first-order valence-electron chi connectivity index (χ1n) is 13.3. The minimum absolute atomic E-state index is 0.0582. The lowest BCUT2D eigenvalue weighted by atomic mass is 9.76. The van der Waals surface area contributed by atoms with Crippen molar-refractivity contribution in [2.75, 3.05) is 31.7 Å². The fourth-order valence-electron chi connectivity index (χ4n) is 5.27. The van der Waals surface area contributed by atoms with Gasteiger partial charge >= 0.3 is 0 Å². The number of hydrogen-bond acceptors (Lipinski definition) is 7. The maximum absolute atomic E-state index is 13.5. The van der Waals surface area contributed by atoms with Crippen LogP contribution in [0.25, 0.3) is 16.8 Å². The second kappa shape index (κ2) is 11.7. The first-order valence-corrected chi connectivity index (χ1v) is 13.3. The number of pyridine rings is 1. The number of aromatic nitrogens is 4. The molecule has 40 heavy (non-hydrogen) atoms. The first kappa shape index (κ1) is 27.1. The number of carbonyl (C=O) groups is 2. The topological polar surface area (TPSA) is 119 Å². The third kappa shape index (κ3) is 5.76. The molecule has 1 aromatic carbocycles. The number of imidazole rings is 1. The highest BCUT2D eigenvalue weighted by atomic mass is 19.1. The van der Waals surface area contributed by atoms with Gasteiger partial charge in [0.25, 0.3) is 5.91 Å². The van der Waals surface area contributed by atoms with Crippen molar-refractivity contribution in [1.29, 1.82) is 0 Å². The van der Waals surface area contributed by atoms with Crippen molar-refractivity contribution in [3.8, 4) is 11.3 Å². The van der Waals surface area contributed by atoms with Crippen LogP contribution in [0, 0.1) is 11.7 Å². The first-order chi connectivity index (χ1) is 19.3. The van der Waals surface area contributed by atoms with Crippen LogP contribution in [0.3, 0.4) is 0 Å². The minimum Gasteiger partial charge on any atom is -0.382 e. The summed E-state index contributed by atoms with van der Waals surface area (Å²) in [5.74, 6) is 0.255. The Morgan fingerprint density at radius 3 is 2.65 bits per heavy atom. The summed E-state index contributed by atoms with van der Waals surface area (Å²) in [7, 11) is 3.94. The van der Waals surface area contributed by atoms with Crippen molar-refractivity contribution >= 4 is 28.8 Å². The minimum atomic E-state index is -0.485. The van der Waals surface area contributed by atoms with Gasteiger partial charge in [-0.2, -0.15) is 0 Å². The highest BCUT2D eigenvalue weighted by Gasteiger charge is 2.34. The highest BCUT2D eigenvalue weighted by Crippen LogP contribution is 2.40. The second-order valence-corrected chi connectivity index (χ2v) is 10.3. The highest BCUT2D eigenvalue weighted by molar-refractivity contribution is 6.04. The smallest absolute Gasteiger partial charge is 0.256 e. The van der Waals surface area contributed by atoms with Crippen LogP contribution >= 0.6 is 0 Å². The summed E-state index contributed by atoms with van der Waals surface area (Å²) < 4.78 is 15.4. The molecule has 1 saturated carbocycles. The molecule has 3 aromatic heterocycles. The van der Waals surface area contributed by atoms with Gasteiger partial charge in [-0.05, 0) is 51.2 Å². The van der Waals surface area contributed by atoms with Crippen molar-refractivity contribution in [3.05, 3.63) is 84.3 Å². The van der Waals surface area contributed by atoms with Gasteiger partial charge in [-0.25, -0.2) is 19.3 Å². The number of nitrogens with one attached hydrogen (secondary N) is 1. The molecule has 4 aromatic rings. The van der Waals surface area contributed by atoms with E-state index < -0.39 is 11.7 Å². The molecule has 0 bridgehead atoms. The van der Waals surface area contributed by atoms with E-state index in [9.17, 15) is 14.0 Å². The zero-order chi connectivity index (χ0) is 28.2. The van der Waals surface area contributed by atoms with E-state index in [1.54, 1.807) is 36.5 Å². The van der Waals surface area contributed by atoms with Crippen molar-refractivity contribution in [3.63, 3.8) is 0 Å². The third-order valence-corrected chi connectivity index (χ3v) is 7.21. The Balaban J connectivity index is 1.46. The van der Waals surface area contributed by atoms with Gasteiger partial charge in [-0.15, -0.1) is 0 Å². The van der Waals surface area contributed by atoms with Gasteiger partial charge in [0.2, 0.25) is 0 Å². The number of ketones is 1. The molecular formula is C30H32FN7O2. The number of allylic oxidation sites excluding steroid dienone is 1. The molecule has 1 amide bonds. The van der Waals surface area contributed by atoms with Crippen molar-refractivity contribution in [1.82, 2.24) is 24.3 Å². The standard InChI is InChI=1S/C30H32FN7O2/c1-37(2)16-5-8-24(39)22-6-3-4-7-23(22)29-36-26(27-28(32)34-15-17-38(27)29)19-9-11-20(12-10-19)30(40)35-25-18-21(31)13-14-33-25/h5,8-15,17-18,22-23H,3-4,6-7,16H2,1-2H3,(H2,32,34)(H,33,35,40)/b8-5+/t22?,23-/m1/s1. The molecule has 0 spiro atoms. The monoisotopic (exact) mass is 541 g/mol. The molecule has 206 valence electrons. The average molecular weight is 542 g/mol. The Labute approximate surface area is 232 Å². The quantitative estimate of drug-likeness (QED) is 0.310. The summed E-state index contributed by atoms with van der Waals surface area (Å²) in [5.41, 5.74) is 8.79. The number of nitrogen functional groups attached to an aromatic ring is 1. The van der Waals surface area contributed by atoms with E-state index in [4.69, 9.17) is 10.7 Å². The lowest BCUT2D eigenvalue weighted by Crippen LogP contribution is -2.26. The fourth-order valence-corrected chi connectivity index (χ4v) is 5.27. The lowest BCUT2D eigenvalue weighted by molar-refractivity contribution is -0.119. The number of nitrogens with zero attached hydrogens (tertiary/aromatic N) is 5. The number of hydrogen-bond donors (Lipinski definition) is 2. The molecule has 3 N–H and O–H groups in total. The van der Waals surface area contributed by atoms with Crippen LogP contribution < -0.4 is 11.1 Å². The molecule has 3 heterocycles. The predicted molar refractivity (Wildman–Crippen MR) is 152 cm³/mol. The number of carbonyl (C=O) groups excluding carboxylic acids is 2. The number of rotatable bonds is 8. The molecule has 0 aliphatic heterocycles. The van der Waals surface area contributed by atoms with Gasteiger partial charge in [0.05, 0.1) is 0 Å². The van der Waals surface area contributed by atoms with Crippen molar-refractivity contribution in [2.24, 2.45) is 5.92 Å². The summed E-state index contributed by atoms with van der Waals surface area (Å²) in [6, 6.07) is 9.29. The Morgan fingerprint density at radius 2 is 1.90 bits per heavy atom. The number of amides is 1. The molecule has 5 rings (SSSR count). The van der Waals surface area contributed by atoms with Crippen LogP contribution in [-0.4, -0.2) is 56.6 Å². The van der Waals surface area contributed by atoms with E-state index in [-0.39, 0.29) is 23.4 Å². The third-order valence-electron chi connectivity index (χ3n) is 7.21. The predicted octanol–water partition coefficient (Wildman–Crippen LogP) is 4.73. The Hall–Kier alpha value is -4.44. The number of likely N-dealkylation sites (N-methyl/N-ethyl adjacent to an activating group) is 1. The number of benzene rings is 1. The molecule has 2 atom stereocenters. The number of anilines is 2. The van der Waals surface area contributed by atoms with Crippen LogP contribution in [0.4, 0.5) is 16.0 Å². The molecule has 1 unspecified atom stereocenters. The Bertz CT molecular complexity index is 1560. The maximum Gasteiger partial charge on any atom is 0.256 e. The van der Waals surface area contributed by atoms with Gasteiger partial charge in [-0.3, -0.25) is 14.0 Å². The second-order valence-electron chi connectivity index (χ2n) is 10.3. The zero-order valence-corrected chi connectivity index (χ0v) is 22.5. The van der Waals surface area contributed by atoms with Gasteiger partial charge < -0.3 is 16.0 Å². The summed E-state index contributed by atoms with van der Waals surface area (Å²) in [6.45, 7) is 0.703. The molecule has 10 heteroatoms. The van der Waals surface area contributed by atoms with E-state index in [0.717, 1.165) is 43.1 Å². The summed E-state index contributed by atoms with van der Waals surface area (Å²) in [5, 5.41) is 2.60. The van der Waals surface area contributed by atoms with Crippen LogP contribution in [0.5, 0.6) is 0 Å². The molecule has 9 nitrogen and oxygen atoms in total. The summed E-state index contributed by atoms with van der Waals surface area (Å²) in [4.78, 5) is 41.3. The van der Waals surface area contributed by atoms with E-state index in [1.165, 1.54) is 12.3 Å². The number of nitrogens with two attached hydrogens (primary N) is 1. The molecule has 1 aliphatic rings. The van der Waals surface area contributed by atoms with Gasteiger partial charge in [0, 0.05) is 54.2 Å². The maximum atomic E-state index is 13.5. The van der Waals surface area contributed by atoms with Gasteiger partial charge in [-0.1, -0.05) is 31.1 Å². The molecular weight excluding hydrogens is 509 g/mol. The summed E-state index contributed by atoms with van der Waals surface area (Å²) >= 11 is 0. The number of halogens is 1. The fraction of sp³-hybridized carbons (Fsp3) is 0.300. The Morgan fingerprint density at radius 1 is 1.12 bits per heavy atom. The zero-order valence-electron chi connectivity index (χ0n) is 22.5. The van der Waals surface area contributed by atoms with Crippen LogP contribution in [-0.2, 0) is 4.79 Å². The molecule has 1 aliphatic carbocycles. The van der Waals surface area contributed by atoms with Crippen LogP contribution in [0.1, 0.15) is 47.8 Å². The van der Waals surface area contributed by atoms with Crippen molar-refractivity contribution < 1.29 is 14.0 Å². The summed E-state index contributed by atoms with van der Waals surface area (Å²) in [6.07, 6.45) is 12.1. The van der Waals surface area contributed by atoms with E-state index in [1.807, 2.05) is 35.7 Å². The van der Waals surface area contributed by atoms with E-state index >= 15 is 0 Å². The Kier molecular flexibility index (Phi) is 7.97. The largest absolute Gasteiger partial charge is 0.382 e. The normalized spacial score (nSPS) is 17.5. The van der Waals surface area contributed by atoms with E-state index in [0.29, 0.717) is 29.1 Å². The molecule has 1 fully saturated rings. The van der Waals surface area contributed by atoms with Crippen LogP contribution in [0.15, 0.2) is 67.1 Å². The van der Waals surface area contributed by atoms with Crippen molar-refractivity contribution in [2.45, 2.75) is 31.6 Å².